The third-order valence-electron chi connectivity index (χ3n) is 1.99. The molecule has 0 aliphatic heterocycles. The summed E-state index contributed by atoms with van der Waals surface area (Å²) in [7, 11) is 5.09. The Morgan fingerprint density at radius 2 is 1.93 bits per heavy atom. The Morgan fingerprint density at radius 1 is 1.33 bits per heavy atom. The van der Waals surface area contributed by atoms with E-state index < -0.39 is 0 Å². The molecule has 0 saturated heterocycles. The van der Waals surface area contributed by atoms with Gasteiger partial charge in [-0.1, -0.05) is 0 Å². The Bertz CT molecular complexity index is 171. The molecule has 15 heavy (non-hydrogen) atoms. The van der Waals surface area contributed by atoms with Crippen LogP contribution < -0.4 is 0 Å². The molecule has 0 unspecified atom stereocenters. The van der Waals surface area contributed by atoms with E-state index in [2.05, 4.69) is 0 Å². The Labute approximate surface area is 91.3 Å². The SMILES string of the molecule is CCOC(=O)CCN(C)CC(OC)OC. The summed E-state index contributed by atoms with van der Waals surface area (Å²) in [6.45, 7) is 3.50. The molecular weight excluding hydrogens is 198 g/mol. The highest BCUT2D eigenvalue weighted by Crippen LogP contribution is 1.97. The minimum Gasteiger partial charge on any atom is -0.466 e. The molecule has 0 aromatic heterocycles. The highest BCUT2D eigenvalue weighted by molar-refractivity contribution is 5.69. The molecule has 0 rings (SSSR count). The first kappa shape index (κ1) is 14.3. The fraction of sp³-hybridized carbons (Fsp3) is 0.900. The third kappa shape index (κ3) is 7.30. The lowest BCUT2D eigenvalue weighted by Crippen LogP contribution is -2.33. The van der Waals surface area contributed by atoms with E-state index in [0.29, 0.717) is 26.1 Å². The smallest absolute Gasteiger partial charge is 0.307 e. The molecule has 0 radical (unpaired) electrons. The quantitative estimate of drug-likeness (QED) is 0.439. The van der Waals surface area contributed by atoms with E-state index in [9.17, 15) is 4.79 Å². The van der Waals surface area contributed by atoms with Crippen LogP contribution in [0.2, 0.25) is 0 Å². The van der Waals surface area contributed by atoms with Crippen molar-refractivity contribution >= 4 is 5.97 Å². The van der Waals surface area contributed by atoms with Gasteiger partial charge in [-0.2, -0.15) is 0 Å². The summed E-state index contributed by atoms with van der Waals surface area (Å²) in [6, 6.07) is 0. The number of hydrogen-bond donors (Lipinski definition) is 0. The number of rotatable bonds is 8. The second-order valence-corrected chi connectivity index (χ2v) is 3.22. The maximum Gasteiger partial charge on any atom is 0.307 e. The number of likely N-dealkylation sites (N-methyl/N-ethyl adjacent to an activating group) is 1. The van der Waals surface area contributed by atoms with Gasteiger partial charge in [-0.3, -0.25) is 4.79 Å². The van der Waals surface area contributed by atoms with Gasteiger partial charge in [0.15, 0.2) is 6.29 Å². The largest absolute Gasteiger partial charge is 0.466 e. The maximum absolute atomic E-state index is 11.1. The molecule has 5 nitrogen and oxygen atoms in total. The lowest BCUT2D eigenvalue weighted by Gasteiger charge is -2.21. The summed E-state index contributed by atoms with van der Waals surface area (Å²) in [5.74, 6) is -0.171. The molecule has 0 heterocycles. The van der Waals surface area contributed by atoms with Crippen LogP contribution in [0.25, 0.3) is 0 Å². The van der Waals surface area contributed by atoms with Gasteiger partial charge in [0, 0.05) is 27.3 Å². The van der Waals surface area contributed by atoms with Crippen molar-refractivity contribution in [3.63, 3.8) is 0 Å². The first-order valence-electron chi connectivity index (χ1n) is 5.03. The summed E-state index contributed by atoms with van der Waals surface area (Å²) < 4.78 is 14.9. The van der Waals surface area contributed by atoms with E-state index in [-0.39, 0.29) is 12.3 Å². The standard InChI is InChI=1S/C10H21NO4/c1-5-15-9(12)6-7-11(2)8-10(13-3)14-4/h10H,5-8H2,1-4H3. The maximum atomic E-state index is 11.1. The molecule has 0 aliphatic carbocycles. The molecule has 0 amide bonds. The Morgan fingerprint density at radius 3 is 2.40 bits per heavy atom. The number of nitrogens with zero attached hydrogens (tertiary/aromatic N) is 1. The van der Waals surface area contributed by atoms with Gasteiger partial charge >= 0.3 is 5.97 Å². The fourth-order valence-electron chi connectivity index (χ4n) is 1.11. The van der Waals surface area contributed by atoms with Crippen molar-refractivity contribution in [3.8, 4) is 0 Å². The summed E-state index contributed by atoms with van der Waals surface area (Å²) >= 11 is 0. The minimum absolute atomic E-state index is 0.171. The van der Waals surface area contributed by atoms with Crippen molar-refractivity contribution in [2.75, 3.05) is 41.0 Å². The van der Waals surface area contributed by atoms with Gasteiger partial charge in [0.2, 0.25) is 0 Å². The highest BCUT2D eigenvalue weighted by Gasteiger charge is 2.10. The fourth-order valence-corrected chi connectivity index (χ4v) is 1.11. The first-order valence-corrected chi connectivity index (χ1v) is 5.03. The van der Waals surface area contributed by atoms with Crippen LogP contribution in [0.3, 0.4) is 0 Å². The van der Waals surface area contributed by atoms with Crippen LogP contribution in [0.5, 0.6) is 0 Å². The second-order valence-electron chi connectivity index (χ2n) is 3.22. The zero-order valence-corrected chi connectivity index (χ0v) is 9.99. The molecule has 0 N–H and O–H groups in total. The molecule has 0 bridgehead atoms. The Hall–Kier alpha value is -0.650. The van der Waals surface area contributed by atoms with E-state index in [4.69, 9.17) is 14.2 Å². The van der Waals surface area contributed by atoms with Gasteiger partial charge in [-0.15, -0.1) is 0 Å². The van der Waals surface area contributed by atoms with Gasteiger partial charge in [0.25, 0.3) is 0 Å². The molecule has 90 valence electrons. The van der Waals surface area contributed by atoms with Crippen LogP contribution in [-0.4, -0.2) is 58.1 Å². The van der Waals surface area contributed by atoms with Gasteiger partial charge < -0.3 is 19.1 Å². The van der Waals surface area contributed by atoms with Crippen molar-refractivity contribution in [2.45, 2.75) is 19.6 Å². The average Bonchev–Trinajstić information content (AvgIpc) is 2.23. The minimum atomic E-state index is -0.253. The number of ether oxygens (including phenoxy) is 3. The third-order valence-corrected chi connectivity index (χ3v) is 1.99. The van der Waals surface area contributed by atoms with Crippen LogP contribution in [0.15, 0.2) is 0 Å². The Balaban J connectivity index is 3.64. The molecule has 0 spiro atoms. The second kappa shape index (κ2) is 8.64. The van der Waals surface area contributed by atoms with Gasteiger partial charge in [0.05, 0.1) is 13.0 Å². The lowest BCUT2D eigenvalue weighted by molar-refractivity contribution is -0.144. The number of esters is 1. The van der Waals surface area contributed by atoms with Crippen LogP contribution in [0.4, 0.5) is 0 Å². The molecule has 5 heteroatoms. The van der Waals surface area contributed by atoms with Crippen molar-refractivity contribution in [2.24, 2.45) is 0 Å². The molecule has 0 atom stereocenters. The molecule has 0 aromatic rings. The predicted octanol–water partition coefficient (Wildman–Crippen LogP) is 0.490. The van der Waals surface area contributed by atoms with Gasteiger partial charge in [-0.25, -0.2) is 0 Å². The number of methoxy groups -OCH3 is 2. The van der Waals surface area contributed by atoms with Crippen molar-refractivity contribution in [1.82, 2.24) is 4.90 Å². The molecule has 0 fully saturated rings. The summed E-state index contributed by atoms with van der Waals surface area (Å²) in [6.07, 6.45) is 0.141. The topological polar surface area (TPSA) is 48.0 Å². The van der Waals surface area contributed by atoms with E-state index in [1.807, 2.05) is 11.9 Å². The van der Waals surface area contributed by atoms with E-state index in [1.165, 1.54) is 0 Å². The highest BCUT2D eigenvalue weighted by atomic mass is 16.7. The molecule has 0 saturated carbocycles. The zero-order valence-electron chi connectivity index (χ0n) is 9.99. The lowest BCUT2D eigenvalue weighted by atomic mass is 10.4. The average molecular weight is 219 g/mol. The van der Waals surface area contributed by atoms with Crippen molar-refractivity contribution < 1.29 is 19.0 Å². The summed E-state index contributed by atoms with van der Waals surface area (Å²) in [4.78, 5) is 13.0. The van der Waals surface area contributed by atoms with E-state index in [1.54, 1.807) is 21.1 Å². The number of carbonyl (C=O) groups excluding carboxylic acids is 1. The van der Waals surface area contributed by atoms with Gasteiger partial charge in [0.1, 0.15) is 0 Å². The Kier molecular flexibility index (Phi) is 8.27. The molecule has 0 aliphatic rings. The van der Waals surface area contributed by atoms with Crippen LogP contribution in [-0.2, 0) is 19.0 Å². The predicted molar refractivity (Wildman–Crippen MR) is 56.6 cm³/mol. The van der Waals surface area contributed by atoms with Crippen LogP contribution in [0, 0.1) is 0 Å². The van der Waals surface area contributed by atoms with E-state index in [0.717, 1.165) is 0 Å². The molecule has 0 aromatic carbocycles. The van der Waals surface area contributed by atoms with E-state index >= 15 is 0 Å². The van der Waals surface area contributed by atoms with Crippen molar-refractivity contribution in [3.05, 3.63) is 0 Å². The zero-order chi connectivity index (χ0) is 11.7. The van der Waals surface area contributed by atoms with Crippen LogP contribution >= 0.6 is 0 Å². The monoisotopic (exact) mass is 219 g/mol. The van der Waals surface area contributed by atoms with Crippen molar-refractivity contribution in [1.29, 1.82) is 0 Å². The number of carbonyl (C=O) groups is 1. The normalized spacial score (nSPS) is 11.1. The molecular formula is C10H21NO4. The summed E-state index contributed by atoms with van der Waals surface area (Å²) in [5.41, 5.74) is 0. The number of hydrogen-bond acceptors (Lipinski definition) is 5. The summed E-state index contributed by atoms with van der Waals surface area (Å²) in [5, 5.41) is 0. The first-order chi connectivity index (χ1) is 7.13. The van der Waals surface area contributed by atoms with Gasteiger partial charge in [-0.05, 0) is 14.0 Å². The van der Waals surface area contributed by atoms with Crippen LogP contribution in [0.1, 0.15) is 13.3 Å².